The number of hydrogen-bond donors (Lipinski definition) is 1. The van der Waals surface area contributed by atoms with Gasteiger partial charge in [-0.05, 0) is 54.1 Å². The lowest BCUT2D eigenvalue weighted by Crippen LogP contribution is -2.40. The van der Waals surface area contributed by atoms with E-state index in [0.29, 0.717) is 6.54 Å². The predicted octanol–water partition coefficient (Wildman–Crippen LogP) is 10.4. The maximum absolute atomic E-state index is 13.7. The first kappa shape index (κ1) is 32.6. The van der Waals surface area contributed by atoms with Crippen molar-refractivity contribution in [3.8, 4) is 0 Å². The Hall–Kier alpha value is -3.75. The van der Waals surface area contributed by atoms with Crippen LogP contribution in [-0.2, 0) is 0 Å². The summed E-state index contributed by atoms with van der Waals surface area (Å²) in [4.78, 5) is 20.9. The van der Waals surface area contributed by atoms with Gasteiger partial charge in [0.1, 0.15) is 5.84 Å². The van der Waals surface area contributed by atoms with Crippen LogP contribution in [0.1, 0.15) is 81.9 Å². The van der Waals surface area contributed by atoms with Crippen molar-refractivity contribution in [1.82, 2.24) is 4.90 Å². The average Bonchev–Trinajstić information content (AvgIpc) is 3.57. The van der Waals surface area contributed by atoms with Crippen LogP contribution in [0.15, 0.2) is 126 Å². The fourth-order valence-corrected chi connectivity index (χ4v) is 9.69. The summed E-state index contributed by atoms with van der Waals surface area (Å²) in [5.74, 6) is 0.824. The van der Waals surface area contributed by atoms with E-state index in [-0.39, 0.29) is 20.0 Å². The Balaban J connectivity index is 0.000000598. The molecule has 0 saturated heterocycles. The van der Waals surface area contributed by atoms with E-state index in [4.69, 9.17) is 4.99 Å². The monoisotopic (exact) mass is 617 g/mol. The zero-order chi connectivity index (χ0) is 31.1. The zero-order valence-electron chi connectivity index (χ0n) is 26.7. The van der Waals surface area contributed by atoms with Gasteiger partial charge in [0.2, 0.25) is 0 Å². The molecule has 1 aliphatic heterocycles. The van der Waals surface area contributed by atoms with Gasteiger partial charge in [-0.2, -0.15) is 0 Å². The van der Waals surface area contributed by atoms with Gasteiger partial charge in [0.15, 0.2) is 0 Å². The van der Waals surface area contributed by atoms with Crippen LogP contribution in [0, 0.1) is 0 Å². The van der Waals surface area contributed by atoms with E-state index >= 15 is 0 Å². The normalized spacial score (nSPS) is 17.1. The molecule has 0 aromatic heterocycles. The summed E-state index contributed by atoms with van der Waals surface area (Å²) in [5, 5.41) is 4.57. The topological polar surface area (TPSA) is 44.7 Å². The van der Waals surface area contributed by atoms with Crippen molar-refractivity contribution in [2.24, 2.45) is 4.99 Å². The van der Waals surface area contributed by atoms with E-state index in [9.17, 15) is 4.79 Å². The molecule has 1 heterocycles. The number of urea groups is 1. The van der Waals surface area contributed by atoms with Gasteiger partial charge in [-0.15, -0.1) is 0 Å². The van der Waals surface area contributed by atoms with Crippen LogP contribution in [0.4, 0.5) is 10.5 Å². The lowest BCUT2D eigenvalue weighted by Gasteiger charge is -2.33. The molecule has 2 aliphatic rings. The van der Waals surface area contributed by atoms with Crippen molar-refractivity contribution in [3.05, 3.63) is 132 Å². The molecular weight excluding hydrogens is 569 g/mol. The van der Waals surface area contributed by atoms with Gasteiger partial charge >= 0.3 is 6.03 Å². The summed E-state index contributed by atoms with van der Waals surface area (Å²) < 4.78 is 0. The van der Waals surface area contributed by atoms with Crippen LogP contribution in [0.3, 0.4) is 0 Å². The highest BCUT2D eigenvalue weighted by Gasteiger charge is 2.35. The summed E-state index contributed by atoms with van der Waals surface area (Å²) in [5.41, 5.74) is 3.89. The Morgan fingerprint density at radius 1 is 0.756 bits per heavy atom. The van der Waals surface area contributed by atoms with Crippen molar-refractivity contribution in [2.75, 3.05) is 18.0 Å². The Kier molecular flexibility index (Phi) is 12.8. The molecule has 0 spiro atoms. The minimum Gasteiger partial charge on any atom is -0.308 e. The molecule has 2 atom stereocenters. The molecule has 0 bridgehead atoms. The second kappa shape index (κ2) is 17.7. The number of para-hydroxylation sites is 1. The first-order valence-electron chi connectivity index (χ1n) is 16.9. The number of benzene rings is 4. The Labute approximate surface area is 271 Å². The van der Waals surface area contributed by atoms with E-state index < -0.39 is 0 Å². The SMILES string of the molecule is CCCCCCP(c1ccccc1C1=NC(c2ccccc2)CN1C(=O)Nc1ccccc1)C1CCCCC1.c1ccccc1. The van der Waals surface area contributed by atoms with Gasteiger partial charge < -0.3 is 5.32 Å². The number of nitrogens with zero attached hydrogens (tertiary/aromatic N) is 2. The molecule has 1 N–H and O–H groups in total. The van der Waals surface area contributed by atoms with Crippen molar-refractivity contribution in [2.45, 2.75) is 76.4 Å². The van der Waals surface area contributed by atoms with Crippen LogP contribution in [0.5, 0.6) is 0 Å². The van der Waals surface area contributed by atoms with E-state index in [1.165, 1.54) is 69.3 Å². The summed E-state index contributed by atoms with van der Waals surface area (Å²) >= 11 is 0. The summed E-state index contributed by atoms with van der Waals surface area (Å²) in [6, 6.07) is 40.8. The molecule has 1 fully saturated rings. The van der Waals surface area contributed by atoms with Crippen LogP contribution in [-0.4, -0.2) is 35.1 Å². The summed E-state index contributed by atoms with van der Waals surface area (Å²) in [6.45, 7) is 2.83. The highest BCUT2D eigenvalue weighted by molar-refractivity contribution is 7.66. The number of nitrogens with one attached hydrogen (secondary N) is 1. The van der Waals surface area contributed by atoms with Crippen LogP contribution >= 0.6 is 7.92 Å². The number of carbonyl (C=O) groups excluding carboxylic acids is 1. The van der Waals surface area contributed by atoms with Crippen LogP contribution in [0.2, 0.25) is 0 Å². The molecule has 234 valence electrons. The molecule has 0 radical (unpaired) electrons. The number of aliphatic imine (C=N–C) groups is 1. The number of anilines is 1. The second-order valence-electron chi connectivity index (χ2n) is 12.0. The third-order valence-electron chi connectivity index (χ3n) is 8.73. The molecule has 1 aliphatic carbocycles. The van der Waals surface area contributed by atoms with Crippen molar-refractivity contribution < 1.29 is 4.79 Å². The van der Waals surface area contributed by atoms with Crippen molar-refractivity contribution in [3.63, 3.8) is 0 Å². The zero-order valence-corrected chi connectivity index (χ0v) is 27.6. The minimum absolute atomic E-state index is 0.0683. The molecule has 1 saturated carbocycles. The van der Waals surface area contributed by atoms with E-state index in [1.54, 1.807) is 0 Å². The lowest BCUT2D eigenvalue weighted by molar-refractivity contribution is 0.235. The third kappa shape index (κ3) is 9.38. The van der Waals surface area contributed by atoms with Crippen LogP contribution in [0.25, 0.3) is 0 Å². The fourth-order valence-electron chi connectivity index (χ4n) is 6.38. The first-order chi connectivity index (χ1) is 22.2. The molecule has 4 nitrogen and oxygen atoms in total. The number of carbonyl (C=O) groups is 1. The number of hydrogen-bond acceptors (Lipinski definition) is 2. The first-order valence-corrected chi connectivity index (χ1v) is 18.5. The largest absolute Gasteiger partial charge is 0.327 e. The fraction of sp³-hybridized carbons (Fsp3) is 0.350. The van der Waals surface area contributed by atoms with Crippen molar-refractivity contribution in [1.29, 1.82) is 0 Å². The number of unbranched alkanes of at least 4 members (excludes halogenated alkanes) is 3. The van der Waals surface area contributed by atoms with Crippen LogP contribution < -0.4 is 10.6 Å². The number of amides is 2. The molecule has 2 amide bonds. The summed E-state index contributed by atoms with van der Waals surface area (Å²) in [7, 11) is -0.322. The number of amidine groups is 1. The third-order valence-corrected chi connectivity index (χ3v) is 11.9. The maximum atomic E-state index is 13.7. The van der Waals surface area contributed by atoms with Gasteiger partial charge in [0.05, 0.1) is 12.6 Å². The molecule has 4 aromatic rings. The molecule has 6 rings (SSSR count). The van der Waals surface area contributed by atoms with E-state index in [1.807, 2.05) is 77.7 Å². The van der Waals surface area contributed by atoms with Gasteiger partial charge in [-0.3, -0.25) is 9.89 Å². The van der Waals surface area contributed by atoms with E-state index in [2.05, 4.69) is 60.8 Å². The average molecular weight is 618 g/mol. The standard InChI is InChI=1S/C34H42N3OP.C6H6/c1-2-3-4-16-25-39(29-21-12-7-13-22-29)32-24-15-14-23-30(32)33-36-31(27-17-8-5-9-18-27)26-37(33)34(38)35-28-19-10-6-11-20-28;1-2-4-6-5-3-1/h5-6,8-11,14-15,17-20,23-24,29,31H,2-4,7,12-13,16,21-22,25-26H2,1H3,(H,35,38);1-6H. The molecular formula is C40H48N3OP. The molecule has 2 unspecified atom stereocenters. The predicted molar refractivity (Wildman–Crippen MR) is 193 cm³/mol. The van der Waals surface area contributed by atoms with Crippen molar-refractivity contribution >= 4 is 30.8 Å². The quantitative estimate of drug-likeness (QED) is 0.140. The second-order valence-corrected chi connectivity index (χ2v) is 14.6. The maximum Gasteiger partial charge on any atom is 0.327 e. The van der Waals surface area contributed by atoms with Gasteiger partial charge in [0.25, 0.3) is 0 Å². The Bertz CT molecular complexity index is 1430. The molecule has 5 heteroatoms. The lowest BCUT2D eigenvalue weighted by atomic mass is 10.0. The van der Waals surface area contributed by atoms with Gasteiger partial charge in [-0.1, -0.05) is 163 Å². The van der Waals surface area contributed by atoms with Gasteiger partial charge in [-0.25, -0.2) is 4.79 Å². The highest BCUT2D eigenvalue weighted by Crippen LogP contribution is 2.49. The smallest absolute Gasteiger partial charge is 0.308 e. The highest BCUT2D eigenvalue weighted by atomic mass is 31.1. The summed E-state index contributed by atoms with van der Waals surface area (Å²) in [6.07, 6.45) is 13.2. The Morgan fingerprint density at radius 2 is 1.36 bits per heavy atom. The molecule has 45 heavy (non-hydrogen) atoms. The minimum atomic E-state index is -0.322. The Morgan fingerprint density at radius 3 is 2.02 bits per heavy atom. The van der Waals surface area contributed by atoms with Gasteiger partial charge in [0, 0.05) is 11.3 Å². The molecule has 4 aromatic carbocycles. The van der Waals surface area contributed by atoms with E-state index in [0.717, 1.165) is 28.3 Å². The number of rotatable bonds is 10.